The first-order valence-electron chi connectivity index (χ1n) is 6.47. The van der Waals surface area contributed by atoms with Gasteiger partial charge in [0, 0.05) is 12.5 Å². The van der Waals surface area contributed by atoms with Crippen molar-refractivity contribution < 1.29 is 4.79 Å². The molecule has 3 N–H and O–H groups in total. The summed E-state index contributed by atoms with van der Waals surface area (Å²) in [6, 6.07) is 0.271. The minimum absolute atomic E-state index is 0.148. The van der Waals surface area contributed by atoms with E-state index < -0.39 is 0 Å². The van der Waals surface area contributed by atoms with Crippen LogP contribution in [0.3, 0.4) is 0 Å². The molecule has 0 aromatic heterocycles. The van der Waals surface area contributed by atoms with Crippen LogP contribution in [0.2, 0.25) is 0 Å². The molecule has 0 aliphatic carbocycles. The molecule has 0 fully saturated rings. The van der Waals surface area contributed by atoms with E-state index in [9.17, 15) is 4.79 Å². The minimum Gasteiger partial charge on any atom is -0.354 e. The molecule has 0 bridgehead atoms. The van der Waals surface area contributed by atoms with Crippen LogP contribution in [0, 0.1) is 11.8 Å². The van der Waals surface area contributed by atoms with Gasteiger partial charge in [0.2, 0.25) is 5.91 Å². The molecule has 0 aromatic rings. The van der Waals surface area contributed by atoms with Gasteiger partial charge in [0.05, 0.1) is 0 Å². The molecule has 1 amide bonds. The van der Waals surface area contributed by atoms with E-state index >= 15 is 0 Å². The van der Waals surface area contributed by atoms with Gasteiger partial charge >= 0.3 is 0 Å². The van der Waals surface area contributed by atoms with E-state index in [1.165, 1.54) is 0 Å². The van der Waals surface area contributed by atoms with Crippen LogP contribution in [0.1, 0.15) is 40.0 Å². The number of rotatable bonds is 9. The van der Waals surface area contributed by atoms with Crippen molar-refractivity contribution in [2.75, 3.05) is 18.6 Å². The summed E-state index contributed by atoms with van der Waals surface area (Å²) in [6.45, 7) is 7.00. The highest BCUT2D eigenvalue weighted by atomic mass is 32.2. The zero-order valence-electron chi connectivity index (χ0n) is 11.7. The summed E-state index contributed by atoms with van der Waals surface area (Å²) in [5, 5.41) is 3.04. The summed E-state index contributed by atoms with van der Waals surface area (Å²) in [6.07, 6.45) is 4.72. The normalized spacial score (nSPS) is 14.7. The molecule has 17 heavy (non-hydrogen) atoms. The topological polar surface area (TPSA) is 55.1 Å². The van der Waals surface area contributed by atoms with Crippen LogP contribution in [-0.4, -0.2) is 30.5 Å². The minimum atomic E-state index is 0.148. The van der Waals surface area contributed by atoms with E-state index in [0.29, 0.717) is 24.8 Å². The number of nitrogens with one attached hydrogen (secondary N) is 1. The van der Waals surface area contributed by atoms with E-state index in [0.717, 1.165) is 18.6 Å². The van der Waals surface area contributed by atoms with Crippen LogP contribution in [0.15, 0.2) is 0 Å². The molecule has 0 rings (SSSR count). The lowest BCUT2D eigenvalue weighted by atomic mass is 9.94. The summed E-state index contributed by atoms with van der Waals surface area (Å²) >= 11 is 1.81. The van der Waals surface area contributed by atoms with E-state index in [2.05, 4.69) is 32.3 Å². The fourth-order valence-corrected chi connectivity index (χ4v) is 2.48. The quantitative estimate of drug-likeness (QED) is 0.668. The van der Waals surface area contributed by atoms with E-state index in [1.807, 2.05) is 11.8 Å². The molecule has 0 heterocycles. The van der Waals surface area contributed by atoms with E-state index in [-0.39, 0.29) is 11.9 Å². The maximum Gasteiger partial charge on any atom is 0.220 e. The van der Waals surface area contributed by atoms with E-state index in [4.69, 9.17) is 5.73 Å². The smallest absolute Gasteiger partial charge is 0.220 e. The molecule has 0 aliphatic rings. The molecular weight excluding hydrogens is 232 g/mol. The first-order chi connectivity index (χ1) is 7.99. The largest absolute Gasteiger partial charge is 0.354 e. The third-order valence-corrected chi connectivity index (χ3v) is 3.42. The van der Waals surface area contributed by atoms with Crippen LogP contribution in [0.5, 0.6) is 0 Å². The number of nitrogens with two attached hydrogens (primary N) is 1. The third kappa shape index (κ3) is 9.48. The van der Waals surface area contributed by atoms with Crippen molar-refractivity contribution in [3.05, 3.63) is 0 Å². The number of thioether (sulfide) groups is 1. The molecule has 2 unspecified atom stereocenters. The van der Waals surface area contributed by atoms with Crippen LogP contribution in [0.4, 0.5) is 0 Å². The van der Waals surface area contributed by atoms with Crippen LogP contribution >= 0.6 is 11.8 Å². The van der Waals surface area contributed by atoms with Gasteiger partial charge in [-0.1, -0.05) is 13.8 Å². The molecule has 102 valence electrons. The average molecular weight is 260 g/mol. The summed E-state index contributed by atoms with van der Waals surface area (Å²) in [5.74, 6) is 2.16. The number of carbonyl (C=O) groups is 1. The Kier molecular flexibility index (Phi) is 9.65. The Morgan fingerprint density at radius 3 is 2.47 bits per heavy atom. The van der Waals surface area contributed by atoms with Crippen molar-refractivity contribution in [1.82, 2.24) is 5.32 Å². The predicted octanol–water partition coefficient (Wildman–Crippen LogP) is 2.26. The Morgan fingerprint density at radius 1 is 1.35 bits per heavy atom. The Bertz CT molecular complexity index is 210. The van der Waals surface area contributed by atoms with Gasteiger partial charge in [0.15, 0.2) is 0 Å². The average Bonchev–Trinajstić information content (AvgIpc) is 2.24. The van der Waals surface area contributed by atoms with Gasteiger partial charge in [0.1, 0.15) is 0 Å². The van der Waals surface area contributed by atoms with Gasteiger partial charge in [-0.05, 0) is 50.2 Å². The van der Waals surface area contributed by atoms with Crippen LogP contribution < -0.4 is 11.1 Å². The van der Waals surface area contributed by atoms with Gasteiger partial charge in [-0.3, -0.25) is 4.79 Å². The number of amides is 1. The lowest BCUT2D eigenvalue weighted by Crippen LogP contribution is -2.35. The molecule has 0 aromatic carbocycles. The van der Waals surface area contributed by atoms with Crippen molar-refractivity contribution in [2.45, 2.75) is 46.1 Å². The standard InChI is InChI=1S/C13H28N2OS/c1-10(2)7-12(9-14)8-13(16)15-11(3)5-6-17-4/h10-12H,5-9,14H2,1-4H3,(H,15,16). The van der Waals surface area contributed by atoms with Gasteiger partial charge in [-0.25, -0.2) is 0 Å². The fraction of sp³-hybridized carbons (Fsp3) is 0.923. The highest BCUT2D eigenvalue weighted by Gasteiger charge is 2.15. The Labute approximate surface area is 110 Å². The Hall–Kier alpha value is -0.220. The molecule has 3 nitrogen and oxygen atoms in total. The highest BCUT2D eigenvalue weighted by molar-refractivity contribution is 7.98. The Balaban J connectivity index is 3.89. The fourth-order valence-electron chi connectivity index (χ4n) is 1.89. The van der Waals surface area contributed by atoms with Crippen molar-refractivity contribution in [3.8, 4) is 0 Å². The number of hydrogen-bond donors (Lipinski definition) is 2. The summed E-state index contributed by atoms with van der Waals surface area (Å²) in [7, 11) is 0. The van der Waals surface area contributed by atoms with Crippen molar-refractivity contribution in [2.24, 2.45) is 17.6 Å². The highest BCUT2D eigenvalue weighted by Crippen LogP contribution is 2.14. The number of hydrogen-bond acceptors (Lipinski definition) is 3. The molecule has 2 atom stereocenters. The van der Waals surface area contributed by atoms with Crippen LogP contribution in [0.25, 0.3) is 0 Å². The lowest BCUT2D eigenvalue weighted by molar-refractivity contribution is -0.122. The summed E-state index contributed by atoms with van der Waals surface area (Å²) < 4.78 is 0. The molecule has 0 spiro atoms. The number of carbonyl (C=O) groups excluding carboxylic acids is 1. The molecular formula is C13H28N2OS. The summed E-state index contributed by atoms with van der Waals surface area (Å²) in [4.78, 5) is 11.8. The molecule has 0 saturated heterocycles. The van der Waals surface area contributed by atoms with Crippen molar-refractivity contribution in [3.63, 3.8) is 0 Å². The van der Waals surface area contributed by atoms with Gasteiger partial charge < -0.3 is 11.1 Å². The van der Waals surface area contributed by atoms with E-state index in [1.54, 1.807) is 0 Å². The first-order valence-corrected chi connectivity index (χ1v) is 7.87. The maximum atomic E-state index is 11.8. The zero-order valence-corrected chi connectivity index (χ0v) is 12.5. The molecule has 0 radical (unpaired) electrons. The molecule has 4 heteroatoms. The second-order valence-electron chi connectivity index (χ2n) is 5.19. The predicted molar refractivity (Wildman–Crippen MR) is 77.2 cm³/mol. The second-order valence-corrected chi connectivity index (χ2v) is 6.17. The Morgan fingerprint density at radius 2 is 2.00 bits per heavy atom. The summed E-state index contributed by atoms with van der Waals surface area (Å²) in [5.41, 5.74) is 5.70. The molecule has 0 aliphatic heterocycles. The third-order valence-electron chi connectivity index (χ3n) is 2.77. The van der Waals surface area contributed by atoms with Gasteiger partial charge in [-0.15, -0.1) is 0 Å². The lowest BCUT2D eigenvalue weighted by Gasteiger charge is -2.19. The van der Waals surface area contributed by atoms with Crippen molar-refractivity contribution in [1.29, 1.82) is 0 Å². The van der Waals surface area contributed by atoms with Crippen LogP contribution in [-0.2, 0) is 4.79 Å². The first kappa shape index (κ1) is 16.8. The maximum absolute atomic E-state index is 11.8. The molecule has 0 saturated carbocycles. The zero-order chi connectivity index (χ0) is 13.3. The van der Waals surface area contributed by atoms with Crippen molar-refractivity contribution >= 4 is 17.7 Å². The van der Waals surface area contributed by atoms with Gasteiger partial charge in [-0.2, -0.15) is 11.8 Å². The second kappa shape index (κ2) is 9.77. The monoisotopic (exact) mass is 260 g/mol. The van der Waals surface area contributed by atoms with Gasteiger partial charge in [0.25, 0.3) is 0 Å². The SMILES string of the molecule is CSCCC(C)NC(=O)CC(CN)CC(C)C.